The molecule has 1 aromatic carbocycles. The normalized spacial score (nSPS) is 9.62. The van der Waals surface area contributed by atoms with E-state index in [-0.39, 0.29) is 0 Å². The lowest BCUT2D eigenvalue weighted by molar-refractivity contribution is -0.139. The van der Waals surface area contributed by atoms with Gasteiger partial charge >= 0.3 is 5.97 Å². The van der Waals surface area contributed by atoms with E-state index in [9.17, 15) is 9.59 Å². The molecule has 1 aromatic rings. The van der Waals surface area contributed by atoms with Gasteiger partial charge in [-0.1, -0.05) is 0 Å². The fourth-order valence-electron chi connectivity index (χ4n) is 1.09. The van der Waals surface area contributed by atoms with Crippen molar-refractivity contribution in [3.05, 3.63) is 22.7 Å². The van der Waals surface area contributed by atoms with Gasteiger partial charge in [-0.3, -0.25) is 9.59 Å². The number of anilines is 1. The van der Waals surface area contributed by atoms with Gasteiger partial charge in [-0.25, -0.2) is 0 Å². The Labute approximate surface area is 101 Å². The molecule has 0 saturated carbocycles. The van der Waals surface area contributed by atoms with Gasteiger partial charge in [-0.05, 0) is 34.1 Å². The number of rotatable bonds is 4. The summed E-state index contributed by atoms with van der Waals surface area (Å²) in [6.45, 7) is 0. The summed E-state index contributed by atoms with van der Waals surface area (Å²) in [6, 6.07) is 4.93. The van der Waals surface area contributed by atoms with E-state index in [4.69, 9.17) is 9.84 Å². The van der Waals surface area contributed by atoms with Crippen molar-refractivity contribution < 1.29 is 19.4 Å². The maximum atomic E-state index is 11.2. The van der Waals surface area contributed by atoms with Crippen LogP contribution >= 0.6 is 15.9 Å². The third-order valence-corrected chi connectivity index (χ3v) is 2.37. The average Bonchev–Trinajstić information content (AvgIpc) is 2.16. The predicted octanol–water partition coefficient (Wildman–Crippen LogP) is 1.87. The molecule has 0 spiro atoms. The molecule has 0 aliphatic rings. The monoisotopic (exact) mass is 287 g/mol. The average molecular weight is 288 g/mol. The number of carboxylic acid groups (broad SMARTS) is 1. The summed E-state index contributed by atoms with van der Waals surface area (Å²) in [7, 11) is 1.53. The summed E-state index contributed by atoms with van der Waals surface area (Å²) in [4.78, 5) is 21.4. The third kappa shape index (κ3) is 3.54. The van der Waals surface area contributed by atoms with Gasteiger partial charge in [-0.15, -0.1) is 0 Å². The van der Waals surface area contributed by atoms with Crippen molar-refractivity contribution in [2.24, 2.45) is 0 Å². The zero-order valence-electron chi connectivity index (χ0n) is 8.49. The van der Waals surface area contributed by atoms with Crippen LogP contribution in [0.5, 0.6) is 5.75 Å². The van der Waals surface area contributed by atoms with Crippen LogP contribution in [0.3, 0.4) is 0 Å². The Hall–Kier alpha value is -1.56. The number of aliphatic carboxylic acids is 1. The molecule has 0 radical (unpaired) electrons. The number of carboxylic acids is 1. The van der Waals surface area contributed by atoms with E-state index in [0.717, 1.165) is 0 Å². The van der Waals surface area contributed by atoms with E-state index in [2.05, 4.69) is 21.2 Å². The van der Waals surface area contributed by atoms with Crippen LogP contribution in [-0.4, -0.2) is 24.1 Å². The molecule has 16 heavy (non-hydrogen) atoms. The van der Waals surface area contributed by atoms with E-state index in [1.807, 2.05) is 0 Å². The Balaban J connectivity index is 2.71. The Morgan fingerprint density at radius 3 is 2.69 bits per heavy atom. The molecular weight excluding hydrogens is 278 g/mol. The highest BCUT2D eigenvalue weighted by atomic mass is 79.9. The topological polar surface area (TPSA) is 75.6 Å². The maximum Gasteiger partial charge on any atom is 0.312 e. The predicted molar refractivity (Wildman–Crippen MR) is 61.6 cm³/mol. The van der Waals surface area contributed by atoms with Gasteiger partial charge in [0.15, 0.2) is 0 Å². The molecule has 0 saturated heterocycles. The molecule has 0 aliphatic heterocycles. The first-order chi connectivity index (χ1) is 7.52. The molecule has 0 unspecified atom stereocenters. The number of carbonyl (C=O) groups excluding carboxylic acids is 1. The number of ether oxygens (including phenoxy) is 1. The summed E-state index contributed by atoms with van der Waals surface area (Å²) < 4.78 is 5.70. The standard InChI is InChI=1S/C10H10BrNO4/c1-16-8-3-2-6(4-7(8)11)12-9(13)5-10(14)15/h2-4H,5H2,1H3,(H,12,13)(H,14,15). The van der Waals surface area contributed by atoms with Crippen molar-refractivity contribution in [2.45, 2.75) is 6.42 Å². The molecule has 1 rings (SSSR count). The number of hydrogen-bond donors (Lipinski definition) is 2. The van der Waals surface area contributed by atoms with Gasteiger partial charge in [-0.2, -0.15) is 0 Å². The second kappa shape index (κ2) is 5.50. The van der Waals surface area contributed by atoms with E-state index >= 15 is 0 Å². The van der Waals surface area contributed by atoms with Crippen LogP contribution in [-0.2, 0) is 9.59 Å². The van der Waals surface area contributed by atoms with E-state index < -0.39 is 18.3 Å². The van der Waals surface area contributed by atoms with Crippen molar-refractivity contribution in [1.29, 1.82) is 0 Å². The van der Waals surface area contributed by atoms with Crippen molar-refractivity contribution in [3.63, 3.8) is 0 Å². The highest BCUT2D eigenvalue weighted by molar-refractivity contribution is 9.10. The Bertz CT molecular complexity index is 419. The molecule has 0 bridgehead atoms. The minimum Gasteiger partial charge on any atom is -0.496 e. The number of carbonyl (C=O) groups is 2. The molecule has 0 heterocycles. The van der Waals surface area contributed by atoms with Crippen molar-refractivity contribution >= 4 is 33.5 Å². The summed E-state index contributed by atoms with van der Waals surface area (Å²) in [5.74, 6) is -1.09. The lowest BCUT2D eigenvalue weighted by Crippen LogP contribution is -2.15. The largest absolute Gasteiger partial charge is 0.496 e. The van der Waals surface area contributed by atoms with Crippen LogP contribution in [0, 0.1) is 0 Å². The fourth-order valence-corrected chi connectivity index (χ4v) is 1.63. The van der Waals surface area contributed by atoms with Crippen LogP contribution in [0.4, 0.5) is 5.69 Å². The number of nitrogens with one attached hydrogen (secondary N) is 1. The summed E-state index contributed by atoms with van der Waals surface area (Å²) in [5, 5.41) is 10.9. The number of benzene rings is 1. The smallest absolute Gasteiger partial charge is 0.312 e. The lowest BCUT2D eigenvalue weighted by Gasteiger charge is -2.07. The molecule has 2 N–H and O–H groups in total. The highest BCUT2D eigenvalue weighted by Gasteiger charge is 2.08. The first kappa shape index (κ1) is 12.5. The Kier molecular flexibility index (Phi) is 4.30. The molecule has 86 valence electrons. The molecule has 5 nitrogen and oxygen atoms in total. The van der Waals surface area contributed by atoms with Gasteiger partial charge in [0, 0.05) is 5.69 Å². The Morgan fingerprint density at radius 1 is 1.50 bits per heavy atom. The quantitative estimate of drug-likeness (QED) is 0.829. The van der Waals surface area contributed by atoms with Crippen LogP contribution in [0.25, 0.3) is 0 Å². The zero-order valence-corrected chi connectivity index (χ0v) is 10.1. The van der Waals surface area contributed by atoms with Crippen molar-refractivity contribution in [3.8, 4) is 5.75 Å². The van der Waals surface area contributed by atoms with Crippen LogP contribution in [0.2, 0.25) is 0 Å². The second-order valence-electron chi connectivity index (χ2n) is 2.97. The fraction of sp³-hybridized carbons (Fsp3) is 0.200. The first-order valence-electron chi connectivity index (χ1n) is 4.38. The summed E-state index contributed by atoms with van der Waals surface area (Å²) >= 11 is 3.26. The molecule has 1 amide bonds. The number of hydrogen-bond acceptors (Lipinski definition) is 3. The SMILES string of the molecule is COc1ccc(NC(=O)CC(=O)O)cc1Br. The van der Waals surface area contributed by atoms with Gasteiger partial charge in [0.2, 0.25) is 5.91 Å². The molecule has 6 heteroatoms. The second-order valence-corrected chi connectivity index (χ2v) is 3.82. The van der Waals surface area contributed by atoms with E-state index in [1.54, 1.807) is 18.2 Å². The maximum absolute atomic E-state index is 11.2. The number of methoxy groups -OCH3 is 1. The number of halogens is 1. The van der Waals surface area contributed by atoms with Crippen molar-refractivity contribution in [1.82, 2.24) is 0 Å². The minimum absolute atomic E-state index is 0.513. The van der Waals surface area contributed by atoms with Crippen LogP contribution in [0.15, 0.2) is 22.7 Å². The zero-order chi connectivity index (χ0) is 12.1. The molecular formula is C10H10BrNO4. The molecule has 0 aromatic heterocycles. The number of amides is 1. The Morgan fingerprint density at radius 2 is 2.19 bits per heavy atom. The van der Waals surface area contributed by atoms with Crippen molar-refractivity contribution in [2.75, 3.05) is 12.4 Å². The van der Waals surface area contributed by atoms with Gasteiger partial charge < -0.3 is 15.2 Å². The highest BCUT2D eigenvalue weighted by Crippen LogP contribution is 2.27. The van der Waals surface area contributed by atoms with Gasteiger partial charge in [0.1, 0.15) is 12.2 Å². The minimum atomic E-state index is -1.16. The third-order valence-electron chi connectivity index (χ3n) is 1.75. The van der Waals surface area contributed by atoms with Crippen LogP contribution < -0.4 is 10.1 Å². The molecule has 0 fully saturated rings. The van der Waals surface area contributed by atoms with E-state index in [0.29, 0.717) is 15.9 Å². The summed E-state index contributed by atoms with van der Waals surface area (Å²) in [6.07, 6.45) is -0.552. The van der Waals surface area contributed by atoms with E-state index in [1.165, 1.54) is 7.11 Å². The summed E-state index contributed by atoms with van der Waals surface area (Å²) in [5.41, 5.74) is 0.513. The molecule has 0 aliphatic carbocycles. The van der Waals surface area contributed by atoms with Crippen LogP contribution in [0.1, 0.15) is 6.42 Å². The first-order valence-corrected chi connectivity index (χ1v) is 5.17. The van der Waals surface area contributed by atoms with Gasteiger partial charge in [0.25, 0.3) is 0 Å². The molecule has 0 atom stereocenters. The lowest BCUT2D eigenvalue weighted by atomic mass is 10.3. The van der Waals surface area contributed by atoms with Gasteiger partial charge in [0.05, 0.1) is 11.6 Å².